The van der Waals surface area contributed by atoms with Crippen molar-refractivity contribution in [3.8, 4) is 0 Å². The summed E-state index contributed by atoms with van der Waals surface area (Å²) in [5.41, 5.74) is 1.50. The molecule has 0 fully saturated rings. The van der Waals surface area contributed by atoms with Gasteiger partial charge >= 0.3 is 12.0 Å². The normalized spacial score (nSPS) is 17.7. The number of carboxylic acid groups (broad SMARTS) is 1. The number of hydrogen-bond donors (Lipinski definition) is 3. The molecule has 0 spiro atoms. The molecule has 19 heavy (non-hydrogen) atoms. The van der Waals surface area contributed by atoms with Gasteiger partial charge in [-0.3, -0.25) is 0 Å². The summed E-state index contributed by atoms with van der Waals surface area (Å²) in [6, 6.07) is -1.26. The second-order valence-corrected chi connectivity index (χ2v) is 4.32. The van der Waals surface area contributed by atoms with Crippen molar-refractivity contribution in [1.29, 1.82) is 0 Å². The first-order valence-corrected chi connectivity index (χ1v) is 6.02. The number of nitrogens with one attached hydrogen (secondary N) is 2. The summed E-state index contributed by atoms with van der Waals surface area (Å²) in [5, 5.41) is 11.9. The van der Waals surface area contributed by atoms with Crippen LogP contribution in [0.4, 0.5) is 4.79 Å². The quantitative estimate of drug-likeness (QED) is 0.545. The number of H-pyrrole nitrogens is 1. The van der Waals surface area contributed by atoms with Crippen LogP contribution < -0.4 is 5.32 Å². The minimum Gasteiger partial charge on any atom is -0.480 e. The summed E-state index contributed by atoms with van der Waals surface area (Å²) in [6.45, 7) is 4.24. The minimum absolute atomic E-state index is 0.225. The monoisotopic (exact) mass is 264 g/mol. The van der Waals surface area contributed by atoms with Gasteiger partial charge in [-0.15, -0.1) is 6.58 Å². The average Bonchev–Trinajstić information content (AvgIpc) is 2.84. The standard InChI is InChI=1S/C12H16N4O3/c1-2-3-4-13-12(19)16-6-9-8(14-7-15-9)5-10(16)11(17)18/h2,7,10H,1,3-6H2,(H,13,19)(H,14,15)(H,17,18). The number of imidazole rings is 1. The van der Waals surface area contributed by atoms with Crippen LogP contribution >= 0.6 is 0 Å². The van der Waals surface area contributed by atoms with Crippen molar-refractivity contribution in [2.24, 2.45) is 0 Å². The van der Waals surface area contributed by atoms with Crippen LogP contribution in [-0.4, -0.2) is 44.6 Å². The molecule has 0 bridgehead atoms. The lowest BCUT2D eigenvalue weighted by Crippen LogP contribution is -2.52. The van der Waals surface area contributed by atoms with Gasteiger partial charge < -0.3 is 20.3 Å². The number of urea groups is 1. The number of carboxylic acids is 1. The number of hydrogen-bond acceptors (Lipinski definition) is 3. The predicted octanol–water partition coefficient (Wildman–Crippen LogP) is 0.507. The summed E-state index contributed by atoms with van der Waals surface area (Å²) in [6.07, 6.45) is 4.08. The zero-order valence-electron chi connectivity index (χ0n) is 10.4. The molecule has 2 rings (SSSR count). The summed E-state index contributed by atoms with van der Waals surface area (Å²) in [7, 11) is 0. The summed E-state index contributed by atoms with van der Waals surface area (Å²) in [5.74, 6) is -1.02. The number of carbonyl (C=O) groups excluding carboxylic acids is 1. The van der Waals surface area contributed by atoms with Crippen LogP contribution in [-0.2, 0) is 17.8 Å². The Hall–Kier alpha value is -2.31. The lowest BCUT2D eigenvalue weighted by molar-refractivity contribution is -0.142. The van der Waals surface area contributed by atoms with E-state index in [1.165, 1.54) is 11.2 Å². The highest BCUT2D eigenvalue weighted by molar-refractivity contribution is 5.83. The van der Waals surface area contributed by atoms with Gasteiger partial charge in [0.25, 0.3) is 0 Å². The topological polar surface area (TPSA) is 98.3 Å². The molecule has 0 aromatic carbocycles. The molecule has 102 valence electrons. The molecule has 1 aliphatic rings. The third-order valence-corrected chi connectivity index (χ3v) is 3.07. The molecule has 1 aliphatic heterocycles. The molecule has 7 heteroatoms. The second-order valence-electron chi connectivity index (χ2n) is 4.32. The fraction of sp³-hybridized carbons (Fsp3) is 0.417. The van der Waals surface area contributed by atoms with Crippen LogP contribution in [0, 0.1) is 0 Å². The van der Waals surface area contributed by atoms with E-state index in [4.69, 9.17) is 0 Å². The molecule has 1 atom stereocenters. The number of rotatable bonds is 4. The van der Waals surface area contributed by atoms with Crippen molar-refractivity contribution < 1.29 is 14.7 Å². The molecule has 3 N–H and O–H groups in total. The third kappa shape index (κ3) is 2.75. The van der Waals surface area contributed by atoms with E-state index in [-0.39, 0.29) is 19.0 Å². The average molecular weight is 264 g/mol. The zero-order valence-corrected chi connectivity index (χ0v) is 10.4. The second kappa shape index (κ2) is 5.55. The highest BCUT2D eigenvalue weighted by atomic mass is 16.4. The first kappa shape index (κ1) is 13.1. The SMILES string of the molecule is C=CCCNC(=O)N1Cc2[nH]cnc2CC1C(=O)O. The van der Waals surface area contributed by atoms with Crippen LogP contribution in [0.2, 0.25) is 0 Å². The van der Waals surface area contributed by atoms with Crippen LogP contribution in [0.5, 0.6) is 0 Å². The first-order valence-electron chi connectivity index (χ1n) is 6.02. The molecule has 0 aliphatic carbocycles. The lowest BCUT2D eigenvalue weighted by atomic mass is 10.0. The van der Waals surface area contributed by atoms with Crippen molar-refractivity contribution in [3.63, 3.8) is 0 Å². The maximum absolute atomic E-state index is 12.0. The van der Waals surface area contributed by atoms with Gasteiger partial charge in [0.15, 0.2) is 0 Å². The van der Waals surface area contributed by atoms with E-state index in [1.807, 2.05) is 0 Å². The lowest BCUT2D eigenvalue weighted by Gasteiger charge is -2.32. The smallest absolute Gasteiger partial charge is 0.326 e. The summed E-state index contributed by atoms with van der Waals surface area (Å²) >= 11 is 0. The van der Waals surface area contributed by atoms with Gasteiger partial charge in [-0.25, -0.2) is 14.6 Å². The van der Waals surface area contributed by atoms with Crippen molar-refractivity contribution in [2.75, 3.05) is 6.54 Å². The van der Waals surface area contributed by atoms with E-state index in [0.717, 1.165) is 5.69 Å². The number of carbonyl (C=O) groups is 2. The third-order valence-electron chi connectivity index (χ3n) is 3.07. The Labute approximate surface area is 110 Å². The molecule has 1 aromatic rings. The van der Waals surface area contributed by atoms with Gasteiger partial charge in [0.2, 0.25) is 0 Å². The van der Waals surface area contributed by atoms with Crippen LogP contribution in [0.15, 0.2) is 19.0 Å². The zero-order chi connectivity index (χ0) is 13.8. The number of amides is 2. The maximum atomic E-state index is 12.0. The van der Waals surface area contributed by atoms with Crippen molar-refractivity contribution >= 4 is 12.0 Å². The highest BCUT2D eigenvalue weighted by Crippen LogP contribution is 2.20. The number of aliphatic carboxylic acids is 1. The fourth-order valence-corrected chi connectivity index (χ4v) is 2.05. The molecule has 1 aromatic heterocycles. The molecule has 2 heterocycles. The van der Waals surface area contributed by atoms with Crippen molar-refractivity contribution in [3.05, 3.63) is 30.4 Å². The Morgan fingerprint density at radius 1 is 1.68 bits per heavy atom. The Kier molecular flexibility index (Phi) is 3.84. The Morgan fingerprint density at radius 3 is 3.16 bits per heavy atom. The molecular formula is C12H16N4O3. The molecule has 1 unspecified atom stereocenters. The maximum Gasteiger partial charge on any atom is 0.326 e. The molecule has 7 nitrogen and oxygen atoms in total. The predicted molar refractivity (Wildman–Crippen MR) is 67.5 cm³/mol. The van der Waals surface area contributed by atoms with Crippen LogP contribution in [0.1, 0.15) is 17.8 Å². The number of aromatic amines is 1. The van der Waals surface area contributed by atoms with E-state index in [2.05, 4.69) is 21.9 Å². The van der Waals surface area contributed by atoms with E-state index in [0.29, 0.717) is 18.7 Å². The van der Waals surface area contributed by atoms with E-state index in [1.54, 1.807) is 6.08 Å². The largest absolute Gasteiger partial charge is 0.480 e. The first-order chi connectivity index (χ1) is 9.13. The molecule has 2 amide bonds. The highest BCUT2D eigenvalue weighted by Gasteiger charge is 2.35. The Balaban J connectivity index is 2.10. The Bertz CT molecular complexity index is 497. The van der Waals surface area contributed by atoms with E-state index in [9.17, 15) is 14.7 Å². The van der Waals surface area contributed by atoms with Crippen molar-refractivity contribution in [2.45, 2.75) is 25.4 Å². The number of aromatic nitrogens is 2. The van der Waals surface area contributed by atoms with Gasteiger partial charge in [0, 0.05) is 13.0 Å². The molecule has 0 radical (unpaired) electrons. The van der Waals surface area contributed by atoms with Gasteiger partial charge in [-0.05, 0) is 6.42 Å². The van der Waals surface area contributed by atoms with Crippen LogP contribution in [0.25, 0.3) is 0 Å². The van der Waals surface area contributed by atoms with E-state index < -0.39 is 12.0 Å². The molecule has 0 saturated heterocycles. The van der Waals surface area contributed by atoms with Gasteiger partial charge in [0.05, 0.1) is 24.3 Å². The molecular weight excluding hydrogens is 248 g/mol. The fourth-order valence-electron chi connectivity index (χ4n) is 2.05. The van der Waals surface area contributed by atoms with Gasteiger partial charge in [-0.2, -0.15) is 0 Å². The number of fused-ring (bicyclic) bond motifs is 1. The van der Waals surface area contributed by atoms with Gasteiger partial charge in [0.1, 0.15) is 6.04 Å². The number of nitrogens with zero attached hydrogens (tertiary/aromatic N) is 2. The van der Waals surface area contributed by atoms with Crippen molar-refractivity contribution in [1.82, 2.24) is 20.2 Å². The molecule has 0 saturated carbocycles. The van der Waals surface area contributed by atoms with E-state index >= 15 is 0 Å². The summed E-state index contributed by atoms with van der Waals surface area (Å²) < 4.78 is 0. The van der Waals surface area contributed by atoms with Gasteiger partial charge in [-0.1, -0.05) is 6.08 Å². The minimum atomic E-state index is -1.02. The van der Waals surface area contributed by atoms with Crippen LogP contribution in [0.3, 0.4) is 0 Å². The Morgan fingerprint density at radius 2 is 2.47 bits per heavy atom. The summed E-state index contributed by atoms with van der Waals surface area (Å²) in [4.78, 5) is 31.6.